The third-order valence-corrected chi connectivity index (χ3v) is 4.95. The van der Waals surface area contributed by atoms with Gasteiger partial charge in [-0.2, -0.15) is 0 Å². The SMILES string of the molecule is CCc1nc(N2CCC(C(=O)O)CC2)c2cc(C)sc2n1. The van der Waals surface area contributed by atoms with E-state index < -0.39 is 5.97 Å². The van der Waals surface area contributed by atoms with Gasteiger partial charge in [0, 0.05) is 24.4 Å². The number of aliphatic carboxylic acids is 1. The molecule has 21 heavy (non-hydrogen) atoms. The van der Waals surface area contributed by atoms with Gasteiger partial charge in [-0.05, 0) is 25.8 Å². The molecule has 0 unspecified atom stereocenters. The van der Waals surface area contributed by atoms with E-state index in [1.165, 1.54) is 4.88 Å². The van der Waals surface area contributed by atoms with Gasteiger partial charge in [-0.3, -0.25) is 4.79 Å². The third-order valence-electron chi connectivity index (χ3n) is 4.00. The van der Waals surface area contributed by atoms with E-state index >= 15 is 0 Å². The Bertz CT molecular complexity index is 675. The minimum absolute atomic E-state index is 0.214. The fourth-order valence-electron chi connectivity index (χ4n) is 2.81. The molecule has 0 radical (unpaired) electrons. The van der Waals surface area contributed by atoms with Crippen LogP contribution in [0, 0.1) is 12.8 Å². The summed E-state index contributed by atoms with van der Waals surface area (Å²) in [4.78, 5) is 24.9. The number of hydrogen-bond acceptors (Lipinski definition) is 5. The Kier molecular flexibility index (Phi) is 3.80. The van der Waals surface area contributed by atoms with Crippen LogP contribution in [0.1, 0.15) is 30.5 Å². The highest BCUT2D eigenvalue weighted by atomic mass is 32.1. The molecule has 112 valence electrons. The van der Waals surface area contributed by atoms with Gasteiger partial charge < -0.3 is 10.0 Å². The van der Waals surface area contributed by atoms with Crippen molar-refractivity contribution in [2.45, 2.75) is 33.1 Å². The molecule has 0 aromatic carbocycles. The van der Waals surface area contributed by atoms with E-state index in [0.717, 1.165) is 41.4 Å². The molecule has 1 aliphatic heterocycles. The van der Waals surface area contributed by atoms with E-state index in [0.29, 0.717) is 12.8 Å². The van der Waals surface area contributed by atoms with Crippen molar-refractivity contribution in [3.8, 4) is 0 Å². The Morgan fingerprint density at radius 1 is 1.43 bits per heavy atom. The molecule has 3 rings (SSSR count). The predicted molar refractivity (Wildman–Crippen MR) is 84.1 cm³/mol. The number of carboxylic acids is 1. The molecular formula is C15H19N3O2S. The molecule has 0 saturated carbocycles. The summed E-state index contributed by atoms with van der Waals surface area (Å²) in [7, 11) is 0. The van der Waals surface area contributed by atoms with Crippen LogP contribution < -0.4 is 4.90 Å². The molecule has 1 aliphatic rings. The van der Waals surface area contributed by atoms with Gasteiger partial charge in [-0.25, -0.2) is 9.97 Å². The van der Waals surface area contributed by atoms with Crippen LogP contribution in [-0.4, -0.2) is 34.1 Å². The predicted octanol–water partition coefficient (Wildman–Crippen LogP) is 2.86. The second kappa shape index (κ2) is 5.60. The molecule has 1 saturated heterocycles. The van der Waals surface area contributed by atoms with Gasteiger partial charge in [0.05, 0.1) is 11.3 Å². The summed E-state index contributed by atoms with van der Waals surface area (Å²) in [5.74, 6) is 0.946. The van der Waals surface area contributed by atoms with Crippen molar-refractivity contribution in [3.63, 3.8) is 0 Å². The number of hydrogen-bond donors (Lipinski definition) is 1. The van der Waals surface area contributed by atoms with E-state index in [1.54, 1.807) is 11.3 Å². The first-order chi connectivity index (χ1) is 10.1. The topological polar surface area (TPSA) is 66.3 Å². The smallest absolute Gasteiger partial charge is 0.306 e. The van der Waals surface area contributed by atoms with Gasteiger partial charge >= 0.3 is 5.97 Å². The van der Waals surface area contributed by atoms with Crippen LogP contribution >= 0.6 is 11.3 Å². The largest absolute Gasteiger partial charge is 0.481 e. The Morgan fingerprint density at radius 2 is 2.14 bits per heavy atom. The quantitative estimate of drug-likeness (QED) is 0.944. The highest BCUT2D eigenvalue weighted by molar-refractivity contribution is 7.18. The van der Waals surface area contributed by atoms with Gasteiger partial charge in [-0.1, -0.05) is 6.92 Å². The highest BCUT2D eigenvalue weighted by Gasteiger charge is 2.26. The summed E-state index contributed by atoms with van der Waals surface area (Å²) in [6, 6.07) is 2.14. The van der Waals surface area contributed by atoms with Gasteiger partial charge in [-0.15, -0.1) is 11.3 Å². The Morgan fingerprint density at radius 3 is 2.76 bits per heavy atom. The van der Waals surface area contributed by atoms with Crippen LogP contribution in [0.5, 0.6) is 0 Å². The number of carboxylic acid groups (broad SMARTS) is 1. The molecule has 1 fully saturated rings. The van der Waals surface area contributed by atoms with E-state index in [2.05, 4.69) is 29.8 Å². The fourth-order valence-corrected chi connectivity index (χ4v) is 3.70. The van der Waals surface area contributed by atoms with Crippen LogP contribution in [0.15, 0.2) is 6.07 Å². The van der Waals surface area contributed by atoms with E-state index in [9.17, 15) is 4.79 Å². The van der Waals surface area contributed by atoms with E-state index in [4.69, 9.17) is 10.1 Å². The maximum absolute atomic E-state index is 11.1. The second-order valence-electron chi connectivity index (χ2n) is 5.49. The minimum atomic E-state index is -0.678. The summed E-state index contributed by atoms with van der Waals surface area (Å²) in [6.07, 6.45) is 2.18. The van der Waals surface area contributed by atoms with Gasteiger partial charge in [0.15, 0.2) is 0 Å². The third kappa shape index (κ3) is 2.72. The number of aromatic nitrogens is 2. The number of rotatable bonds is 3. The van der Waals surface area contributed by atoms with Crippen molar-refractivity contribution in [2.75, 3.05) is 18.0 Å². The number of piperidine rings is 1. The van der Waals surface area contributed by atoms with E-state index in [-0.39, 0.29) is 5.92 Å². The number of fused-ring (bicyclic) bond motifs is 1. The van der Waals surface area contributed by atoms with Crippen molar-refractivity contribution in [1.82, 2.24) is 9.97 Å². The van der Waals surface area contributed by atoms with Crippen LogP contribution in [0.2, 0.25) is 0 Å². The number of nitrogens with zero attached hydrogens (tertiary/aromatic N) is 3. The fraction of sp³-hybridized carbons (Fsp3) is 0.533. The summed E-state index contributed by atoms with van der Waals surface area (Å²) in [5, 5.41) is 10.2. The second-order valence-corrected chi connectivity index (χ2v) is 6.73. The van der Waals surface area contributed by atoms with Crippen LogP contribution in [0.4, 0.5) is 5.82 Å². The molecule has 2 aromatic heterocycles. The minimum Gasteiger partial charge on any atom is -0.481 e. The summed E-state index contributed by atoms with van der Waals surface area (Å²) in [6.45, 7) is 5.64. The van der Waals surface area contributed by atoms with Crippen LogP contribution in [0.3, 0.4) is 0 Å². The standard InChI is InChI=1S/C15H19N3O2S/c1-3-12-16-13(11-8-9(2)21-14(11)17-12)18-6-4-10(5-7-18)15(19)20/h8,10H,3-7H2,1-2H3,(H,19,20). The Balaban J connectivity index is 1.94. The molecule has 5 nitrogen and oxygen atoms in total. The molecule has 6 heteroatoms. The molecule has 3 heterocycles. The molecule has 0 atom stereocenters. The van der Waals surface area contributed by atoms with Crippen molar-refractivity contribution in [1.29, 1.82) is 0 Å². The lowest BCUT2D eigenvalue weighted by molar-refractivity contribution is -0.142. The monoisotopic (exact) mass is 305 g/mol. The number of carbonyl (C=O) groups is 1. The lowest BCUT2D eigenvalue weighted by Crippen LogP contribution is -2.37. The number of aryl methyl sites for hydroxylation is 2. The Labute approximate surface area is 127 Å². The maximum atomic E-state index is 11.1. The molecule has 0 amide bonds. The van der Waals surface area contributed by atoms with Crippen molar-refractivity contribution in [3.05, 3.63) is 16.8 Å². The van der Waals surface area contributed by atoms with Gasteiger partial charge in [0.2, 0.25) is 0 Å². The summed E-state index contributed by atoms with van der Waals surface area (Å²) in [5.41, 5.74) is 0. The molecular weight excluding hydrogens is 286 g/mol. The van der Waals surface area contributed by atoms with Crippen LogP contribution in [0.25, 0.3) is 10.2 Å². The van der Waals surface area contributed by atoms with Crippen molar-refractivity contribution in [2.24, 2.45) is 5.92 Å². The summed E-state index contributed by atoms with van der Waals surface area (Å²) >= 11 is 1.69. The zero-order chi connectivity index (χ0) is 15.0. The van der Waals surface area contributed by atoms with Crippen LogP contribution in [-0.2, 0) is 11.2 Å². The first kappa shape index (κ1) is 14.3. The average molecular weight is 305 g/mol. The molecule has 0 bridgehead atoms. The van der Waals surface area contributed by atoms with Gasteiger partial charge in [0.1, 0.15) is 16.5 Å². The summed E-state index contributed by atoms with van der Waals surface area (Å²) < 4.78 is 0. The first-order valence-electron chi connectivity index (χ1n) is 7.33. The normalized spacial score (nSPS) is 16.6. The Hall–Kier alpha value is -1.69. The molecule has 0 spiro atoms. The zero-order valence-electron chi connectivity index (χ0n) is 12.3. The average Bonchev–Trinajstić information content (AvgIpc) is 2.86. The lowest BCUT2D eigenvalue weighted by Gasteiger charge is -2.31. The number of thiophene rings is 1. The first-order valence-corrected chi connectivity index (χ1v) is 8.15. The lowest BCUT2D eigenvalue weighted by atomic mass is 9.97. The van der Waals surface area contributed by atoms with E-state index in [1.807, 2.05) is 0 Å². The number of anilines is 1. The zero-order valence-corrected chi connectivity index (χ0v) is 13.1. The molecule has 1 N–H and O–H groups in total. The molecule has 2 aromatic rings. The molecule has 0 aliphatic carbocycles. The van der Waals surface area contributed by atoms with Gasteiger partial charge in [0.25, 0.3) is 0 Å². The van der Waals surface area contributed by atoms with Crippen molar-refractivity contribution < 1.29 is 9.90 Å². The van der Waals surface area contributed by atoms with Crippen molar-refractivity contribution >= 4 is 33.3 Å². The maximum Gasteiger partial charge on any atom is 0.306 e. The highest BCUT2D eigenvalue weighted by Crippen LogP contribution is 2.32.